The van der Waals surface area contributed by atoms with E-state index in [-0.39, 0.29) is 11.3 Å². The SMILES string of the molecule is Cc1ccc(-c2nn(C(C)(C)C)c(-c3ccccc3C)c2O)cc1. The van der Waals surface area contributed by atoms with Crippen LogP contribution in [0.1, 0.15) is 31.9 Å². The average Bonchev–Trinajstić information content (AvgIpc) is 2.86. The molecule has 1 heterocycles. The van der Waals surface area contributed by atoms with Crippen molar-refractivity contribution in [1.29, 1.82) is 0 Å². The molecule has 0 atom stereocenters. The van der Waals surface area contributed by atoms with Gasteiger partial charge in [0.25, 0.3) is 0 Å². The first kappa shape index (κ1) is 16.3. The third-order valence-electron chi connectivity index (χ3n) is 4.22. The zero-order valence-corrected chi connectivity index (χ0v) is 15.0. The molecule has 0 amide bonds. The molecule has 0 aliphatic rings. The summed E-state index contributed by atoms with van der Waals surface area (Å²) in [6.45, 7) is 10.4. The molecule has 1 N–H and O–H groups in total. The second-order valence-corrected chi connectivity index (χ2v) is 7.31. The Bertz CT molecular complexity index is 868. The molecule has 0 spiro atoms. The van der Waals surface area contributed by atoms with Crippen LogP contribution in [0.2, 0.25) is 0 Å². The number of rotatable bonds is 2. The molecule has 0 unspecified atom stereocenters. The van der Waals surface area contributed by atoms with Gasteiger partial charge in [-0.1, -0.05) is 54.1 Å². The number of benzene rings is 2. The molecular weight excluding hydrogens is 296 g/mol. The second kappa shape index (κ2) is 5.82. The van der Waals surface area contributed by atoms with Gasteiger partial charge in [0.15, 0.2) is 5.75 Å². The van der Waals surface area contributed by atoms with E-state index in [1.54, 1.807) is 0 Å². The van der Waals surface area contributed by atoms with E-state index in [2.05, 4.69) is 40.7 Å². The van der Waals surface area contributed by atoms with Gasteiger partial charge in [-0.05, 0) is 40.2 Å². The Balaban J connectivity index is 2.28. The maximum absolute atomic E-state index is 11.0. The van der Waals surface area contributed by atoms with Gasteiger partial charge in [-0.3, -0.25) is 4.68 Å². The summed E-state index contributed by atoms with van der Waals surface area (Å²) in [5, 5.41) is 15.8. The molecule has 24 heavy (non-hydrogen) atoms. The summed E-state index contributed by atoms with van der Waals surface area (Å²) < 4.78 is 1.93. The summed E-state index contributed by atoms with van der Waals surface area (Å²) in [5.74, 6) is 0.239. The highest BCUT2D eigenvalue weighted by atomic mass is 16.3. The van der Waals surface area contributed by atoms with E-state index < -0.39 is 0 Å². The van der Waals surface area contributed by atoms with Gasteiger partial charge < -0.3 is 5.11 Å². The maximum atomic E-state index is 11.0. The minimum atomic E-state index is -0.238. The maximum Gasteiger partial charge on any atom is 0.169 e. The smallest absolute Gasteiger partial charge is 0.169 e. The molecule has 0 fully saturated rings. The first-order valence-corrected chi connectivity index (χ1v) is 8.24. The lowest BCUT2D eigenvalue weighted by Gasteiger charge is -2.23. The summed E-state index contributed by atoms with van der Waals surface area (Å²) in [6, 6.07) is 16.2. The molecule has 2 aromatic carbocycles. The molecule has 0 aliphatic carbocycles. The molecule has 0 bridgehead atoms. The molecule has 3 nitrogen and oxygen atoms in total. The van der Waals surface area contributed by atoms with Crippen LogP contribution in [-0.2, 0) is 5.54 Å². The zero-order chi connectivity index (χ0) is 17.5. The fourth-order valence-corrected chi connectivity index (χ4v) is 2.88. The highest BCUT2D eigenvalue weighted by molar-refractivity contribution is 5.79. The summed E-state index contributed by atoms with van der Waals surface area (Å²) >= 11 is 0. The average molecular weight is 320 g/mol. The van der Waals surface area contributed by atoms with Crippen LogP contribution in [0.5, 0.6) is 5.75 Å². The van der Waals surface area contributed by atoms with Crippen LogP contribution in [0, 0.1) is 13.8 Å². The van der Waals surface area contributed by atoms with Crippen molar-refractivity contribution in [2.45, 2.75) is 40.2 Å². The van der Waals surface area contributed by atoms with E-state index in [4.69, 9.17) is 5.10 Å². The summed E-state index contributed by atoms with van der Waals surface area (Å²) in [6.07, 6.45) is 0. The summed E-state index contributed by atoms with van der Waals surface area (Å²) in [4.78, 5) is 0. The van der Waals surface area contributed by atoms with Crippen LogP contribution in [-0.4, -0.2) is 14.9 Å². The van der Waals surface area contributed by atoms with Crippen LogP contribution < -0.4 is 0 Å². The predicted molar refractivity (Wildman–Crippen MR) is 99.2 cm³/mol. The van der Waals surface area contributed by atoms with Gasteiger partial charge in [-0.2, -0.15) is 5.10 Å². The number of aromatic nitrogens is 2. The Kier molecular flexibility index (Phi) is 3.96. The number of hydrogen-bond donors (Lipinski definition) is 1. The Morgan fingerprint density at radius 3 is 2.12 bits per heavy atom. The van der Waals surface area contributed by atoms with Crippen molar-refractivity contribution < 1.29 is 5.11 Å². The molecule has 0 saturated heterocycles. The first-order chi connectivity index (χ1) is 11.3. The number of hydrogen-bond acceptors (Lipinski definition) is 2. The summed E-state index contributed by atoms with van der Waals surface area (Å²) in [7, 11) is 0. The van der Waals surface area contributed by atoms with Crippen LogP contribution >= 0.6 is 0 Å². The van der Waals surface area contributed by atoms with Crippen molar-refractivity contribution in [2.24, 2.45) is 0 Å². The van der Waals surface area contributed by atoms with E-state index in [1.807, 2.05) is 47.1 Å². The quantitative estimate of drug-likeness (QED) is 0.696. The van der Waals surface area contributed by atoms with Gasteiger partial charge in [0.05, 0.1) is 5.54 Å². The number of aryl methyl sites for hydroxylation is 2. The lowest BCUT2D eigenvalue weighted by Crippen LogP contribution is -2.24. The van der Waals surface area contributed by atoms with Gasteiger partial charge in [-0.15, -0.1) is 0 Å². The summed E-state index contributed by atoms with van der Waals surface area (Å²) in [5.41, 5.74) is 5.41. The van der Waals surface area contributed by atoms with E-state index in [9.17, 15) is 5.11 Å². The minimum absolute atomic E-state index is 0.238. The molecule has 124 valence electrons. The van der Waals surface area contributed by atoms with Crippen molar-refractivity contribution in [3.05, 3.63) is 59.7 Å². The molecule has 0 radical (unpaired) electrons. The molecule has 3 aromatic rings. The van der Waals surface area contributed by atoms with E-state index in [1.165, 1.54) is 5.56 Å². The molecular formula is C21H24N2O. The van der Waals surface area contributed by atoms with Crippen molar-refractivity contribution in [3.8, 4) is 28.3 Å². The van der Waals surface area contributed by atoms with Crippen LogP contribution in [0.15, 0.2) is 48.5 Å². The van der Waals surface area contributed by atoms with Crippen LogP contribution in [0.4, 0.5) is 0 Å². The molecule has 0 saturated carbocycles. The van der Waals surface area contributed by atoms with Crippen LogP contribution in [0.25, 0.3) is 22.5 Å². The van der Waals surface area contributed by atoms with Crippen molar-refractivity contribution in [1.82, 2.24) is 9.78 Å². The number of nitrogens with zero attached hydrogens (tertiary/aromatic N) is 2. The Morgan fingerprint density at radius 1 is 0.917 bits per heavy atom. The monoisotopic (exact) mass is 320 g/mol. The van der Waals surface area contributed by atoms with Gasteiger partial charge >= 0.3 is 0 Å². The van der Waals surface area contributed by atoms with Crippen molar-refractivity contribution >= 4 is 0 Å². The van der Waals surface area contributed by atoms with Crippen molar-refractivity contribution in [3.63, 3.8) is 0 Å². The van der Waals surface area contributed by atoms with Gasteiger partial charge in [0.2, 0.25) is 0 Å². The van der Waals surface area contributed by atoms with Crippen LogP contribution in [0.3, 0.4) is 0 Å². The fraction of sp³-hybridized carbons (Fsp3) is 0.286. The molecule has 3 rings (SSSR count). The zero-order valence-electron chi connectivity index (χ0n) is 15.0. The Labute approximate surface area is 143 Å². The first-order valence-electron chi connectivity index (χ1n) is 8.24. The van der Waals surface area contributed by atoms with E-state index in [0.29, 0.717) is 5.69 Å². The predicted octanol–water partition coefficient (Wildman–Crippen LogP) is 5.29. The molecule has 3 heteroatoms. The second-order valence-electron chi connectivity index (χ2n) is 7.31. The lowest BCUT2D eigenvalue weighted by molar-refractivity contribution is 0.359. The lowest BCUT2D eigenvalue weighted by atomic mass is 10.0. The Hall–Kier alpha value is -2.55. The van der Waals surface area contributed by atoms with Gasteiger partial charge in [-0.25, -0.2) is 0 Å². The fourth-order valence-electron chi connectivity index (χ4n) is 2.88. The minimum Gasteiger partial charge on any atom is -0.504 e. The molecule has 0 aliphatic heterocycles. The third kappa shape index (κ3) is 2.82. The highest BCUT2D eigenvalue weighted by Crippen LogP contribution is 2.41. The normalized spacial score (nSPS) is 11.7. The third-order valence-corrected chi connectivity index (χ3v) is 4.22. The van der Waals surface area contributed by atoms with E-state index in [0.717, 1.165) is 22.4 Å². The van der Waals surface area contributed by atoms with Gasteiger partial charge in [0.1, 0.15) is 11.4 Å². The highest BCUT2D eigenvalue weighted by Gasteiger charge is 2.27. The van der Waals surface area contributed by atoms with Gasteiger partial charge in [0, 0.05) is 11.1 Å². The molecule has 1 aromatic heterocycles. The Morgan fingerprint density at radius 2 is 1.54 bits per heavy atom. The standard InChI is InChI=1S/C21H24N2O/c1-14-10-12-16(13-11-14)18-20(24)19(23(22-18)21(3,4)5)17-9-7-6-8-15(17)2/h6-13,24H,1-5H3. The largest absolute Gasteiger partial charge is 0.504 e. The topological polar surface area (TPSA) is 38.0 Å². The van der Waals surface area contributed by atoms with Crippen molar-refractivity contribution in [2.75, 3.05) is 0 Å². The van der Waals surface area contributed by atoms with E-state index >= 15 is 0 Å². The number of aromatic hydroxyl groups is 1.